The maximum Gasteiger partial charge on any atom is 0.163 e. The highest BCUT2D eigenvalue weighted by Gasteiger charge is 2.14. The SMILES string of the molecule is N#Cc1ccc(NC(CCO)c2ccco2)nn1. The topological polar surface area (TPSA) is 95.0 Å². The number of aliphatic hydroxyl groups is 1. The first-order valence-corrected chi connectivity index (χ1v) is 5.48. The van der Waals surface area contributed by atoms with Gasteiger partial charge in [0.05, 0.1) is 12.3 Å². The second kappa shape index (κ2) is 5.80. The summed E-state index contributed by atoms with van der Waals surface area (Å²) in [7, 11) is 0. The van der Waals surface area contributed by atoms with Crippen LogP contribution in [0.2, 0.25) is 0 Å². The molecule has 0 amide bonds. The quantitative estimate of drug-likeness (QED) is 0.827. The minimum Gasteiger partial charge on any atom is -0.467 e. The first-order valence-electron chi connectivity index (χ1n) is 5.48. The molecule has 0 bridgehead atoms. The lowest BCUT2D eigenvalue weighted by Crippen LogP contribution is -2.13. The molecule has 0 saturated heterocycles. The first kappa shape index (κ1) is 12.1. The van der Waals surface area contributed by atoms with E-state index in [1.807, 2.05) is 12.1 Å². The molecule has 6 nitrogen and oxygen atoms in total. The number of hydrogen-bond acceptors (Lipinski definition) is 6. The predicted octanol–water partition coefficient (Wildman–Crippen LogP) is 1.48. The fourth-order valence-electron chi connectivity index (χ4n) is 1.55. The van der Waals surface area contributed by atoms with Gasteiger partial charge in [-0.05, 0) is 30.7 Å². The number of furan rings is 1. The Kier molecular flexibility index (Phi) is 3.89. The van der Waals surface area contributed by atoms with Gasteiger partial charge in [0.25, 0.3) is 0 Å². The average Bonchev–Trinajstić information content (AvgIpc) is 2.93. The van der Waals surface area contributed by atoms with Crippen molar-refractivity contribution in [3.63, 3.8) is 0 Å². The van der Waals surface area contributed by atoms with Crippen molar-refractivity contribution in [2.45, 2.75) is 12.5 Å². The van der Waals surface area contributed by atoms with Crippen LogP contribution >= 0.6 is 0 Å². The summed E-state index contributed by atoms with van der Waals surface area (Å²) in [5.74, 6) is 1.25. The molecular weight excluding hydrogens is 232 g/mol. The van der Waals surface area contributed by atoms with Crippen molar-refractivity contribution < 1.29 is 9.52 Å². The van der Waals surface area contributed by atoms with Crippen LogP contribution in [-0.4, -0.2) is 21.9 Å². The molecule has 0 aromatic carbocycles. The summed E-state index contributed by atoms with van der Waals surface area (Å²) in [6.07, 6.45) is 2.07. The third kappa shape index (κ3) is 2.84. The monoisotopic (exact) mass is 244 g/mol. The molecule has 2 aromatic heterocycles. The lowest BCUT2D eigenvalue weighted by atomic mass is 10.1. The maximum atomic E-state index is 9.03. The van der Waals surface area contributed by atoms with Gasteiger partial charge in [-0.25, -0.2) is 0 Å². The van der Waals surface area contributed by atoms with Gasteiger partial charge in [0.1, 0.15) is 17.6 Å². The molecule has 0 fully saturated rings. The second-order valence-electron chi connectivity index (χ2n) is 3.64. The molecule has 2 aromatic rings. The molecule has 0 aliphatic carbocycles. The summed E-state index contributed by atoms with van der Waals surface area (Å²) in [6, 6.07) is 8.58. The zero-order valence-electron chi connectivity index (χ0n) is 9.58. The van der Waals surface area contributed by atoms with Gasteiger partial charge in [-0.1, -0.05) is 0 Å². The fourth-order valence-corrected chi connectivity index (χ4v) is 1.55. The Bertz CT molecular complexity index is 516. The van der Waals surface area contributed by atoms with E-state index in [2.05, 4.69) is 15.5 Å². The van der Waals surface area contributed by atoms with E-state index < -0.39 is 0 Å². The van der Waals surface area contributed by atoms with Gasteiger partial charge in [-0.2, -0.15) is 5.26 Å². The fraction of sp³-hybridized carbons (Fsp3) is 0.250. The van der Waals surface area contributed by atoms with Crippen LogP contribution < -0.4 is 5.32 Å². The number of rotatable bonds is 5. The third-order valence-corrected chi connectivity index (χ3v) is 2.41. The predicted molar refractivity (Wildman–Crippen MR) is 63.5 cm³/mol. The number of hydrogen-bond donors (Lipinski definition) is 2. The van der Waals surface area contributed by atoms with E-state index in [0.717, 1.165) is 5.76 Å². The Morgan fingerprint density at radius 2 is 2.28 bits per heavy atom. The van der Waals surface area contributed by atoms with Crippen molar-refractivity contribution in [3.8, 4) is 6.07 Å². The summed E-state index contributed by atoms with van der Waals surface area (Å²) >= 11 is 0. The molecule has 0 aliphatic rings. The van der Waals surface area contributed by atoms with Gasteiger partial charge >= 0.3 is 0 Å². The number of anilines is 1. The van der Waals surface area contributed by atoms with Crippen LogP contribution in [0.15, 0.2) is 34.9 Å². The van der Waals surface area contributed by atoms with Crippen LogP contribution in [0.1, 0.15) is 23.9 Å². The Labute approximate surface area is 104 Å². The minimum absolute atomic E-state index is 0.0298. The summed E-state index contributed by atoms with van der Waals surface area (Å²) in [5, 5.41) is 28.4. The Morgan fingerprint density at radius 1 is 1.39 bits per heavy atom. The molecule has 0 saturated carbocycles. The molecule has 0 spiro atoms. The van der Waals surface area contributed by atoms with Crippen molar-refractivity contribution in [2.24, 2.45) is 0 Å². The van der Waals surface area contributed by atoms with Crippen LogP contribution in [0.5, 0.6) is 0 Å². The van der Waals surface area contributed by atoms with Crippen molar-refractivity contribution in [2.75, 3.05) is 11.9 Å². The standard InChI is InChI=1S/C12H12N4O2/c13-8-9-3-4-12(16-15-9)14-10(5-6-17)11-2-1-7-18-11/h1-4,7,10,17H,5-6H2,(H,14,16). The number of aromatic nitrogens is 2. The van der Waals surface area contributed by atoms with E-state index in [9.17, 15) is 0 Å². The highest BCUT2D eigenvalue weighted by Crippen LogP contribution is 2.21. The van der Waals surface area contributed by atoms with Crippen molar-refractivity contribution >= 4 is 5.82 Å². The molecule has 18 heavy (non-hydrogen) atoms. The smallest absolute Gasteiger partial charge is 0.163 e. The van der Waals surface area contributed by atoms with E-state index in [1.165, 1.54) is 0 Å². The average molecular weight is 244 g/mol. The van der Waals surface area contributed by atoms with Gasteiger partial charge < -0.3 is 14.8 Å². The third-order valence-electron chi connectivity index (χ3n) is 2.41. The first-order chi connectivity index (χ1) is 8.83. The normalized spacial score (nSPS) is 11.8. The second-order valence-corrected chi connectivity index (χ2v) is 3.64. The minimum atomic E-state index is -0.174. The van der Waals surface area contributed by atoms with Crippen LogP contribution in [0.3, 0.4) is 0 Å². The Morgan fingerprint density at radius 3 is 2.83 bits per heavy atom. The summed E-state index contributed by atoms with van der Waals surface area (Å²) in [4.78, 5) is 0. The molecular formula is C12H12N4O2. The maximum absolute atomic E-state index is 9.03. The van der Waals surface area contributed by atoms with E-state index in [0.29, 0.717) is 12.2 Å². The van der Waals surface area contributed by atoms with Gasteiger partial charge in [0.15, 0.2) is 5.69 Å². The zero-order valence-corrected chi connectivity index (χ0v) is 9.58. The molecule has 6 heteroatoms. The van der Waals surface area contributed by atoms with Gasteiger partial charge in [-0.15, -0.1) is 10.2 Å². The molecule has 2 rings (SSSR count). The van der Waals surface area contributed by atoms with Crippen LogP contribution in [0.25, 0.3) is 0 Å². The van der Waals surface area contributed by atoms with Crippen LogP contribution in [0.4, 0.5) is 5.82 Å². The highest BCUT2D eigenvalue weighted by atomic mass is 16.3. The van der Waals surface area contributed by atoms with Gasteiger partial charge in [-0.3, -0.25) is 0 Å². The van der Waals surface area contributed by atoms with Crippen molar-refractivity contribution in [1.29, 1.82) is 5.26 Å². The lowest BCUT2D eigenvalue weighted by Gasteiger charge is -2.15. The van der Waals surface area contributed by atoms with Crippen molar-refractivity contribution in [1.82, 2.24) is 10.2 Å². The summed E-state index contributed by atoms with van der Waals surface area (Å²) in [6.45, 7) is 0.0298. The lowest BCUT2D eigenvalue weighted by molar-refractivity contribution is 0.273. The van der Waals surface area contributed by atoms with E-state index >= 15 is 0 Å². The highest BCUT2D eigenvalue weighted by molar-refractivity contribution is 5.37. The zero-order chi connectivity index (χ0) is 12.8. The van der Waals surface area contributed by atoms with Crippen LogP contribution in [-0.2, 0) is 0 Å². The molecule has 2 heterocycles. The number of nitriles is 1. The number of nitrogens with one attached hydrogen (secondary N) is 1. The molecule has 1 unspecified atom stereocenters. The largest absolute Gasteiger partial charge is 0.467 e. The molecule has 1 atom stereocenters. The Hall–Kier alpha value is -2.39. The molecule has 0 aliphatic heterocycles. The van der Waals surface area contributed by atoms with Crippen LogP contribution in [0, 0.1) is 11.3 Å². The van der Waals surface area contributed by atoms with E-state index in [1.54, 1.807) is 24.5 Å². The summed E-state index contributed by atoms with van der Waals surface area (Å²) in [5.41, 5.74) is 0.261. The van der Waals surface area contributed by atoms with E-state index in [4.69, 9.17) is 14.8 Å². The Balaban J connectivity index is 2.11. The summed E-state index contributed by atoms with van der Waals surface area (Å²) < 4.78 is 5.29. The number of aliphatic hydroxyl groups excluding tert-OH is 1. The van der Waals surface area contributed by atoms with Gasteiger partial charge in [0, 0.05) is 6.61 Å². The molecule has 92 valence electrons. The molecule has 0 radical (unpaired) electrons. The van der Waals surface area contributed by atoms with Crippen molar-refractivity contribution in [3.05, 3.63) is 42.0 Å². The van der Waals surface area contributed by atoms with E-state index in [-0.39, 0.29) is 18.3 Å². The van der Waals surface area contributed by atoms with Gasteiger partial charge in [0.2, 0.25) is 0 Å². The number of nitrogens with zero attached hydrogens (tertiary/aromatic N) is 3. The molecule has 2 N–H and O–H groups in total.